The van der Waals surface area contributed by atoms with Crippen molar-refractivity contribution in [3.05, 3.63) is 33.8 Å². The first kappa shape index (κ1) is 23.0. The van der Waals surface area contributed by atoms with Crippen LogP contribution in [-0.2, 0) is 9.59 Å². The standard InChI is InChI=1S/C25H35N3O3/c1-13(2)25(11-12-25)28(10)24(30)23(29)27(9)21-16(5)14(3)20(15(4)17(21)6)22-18(7)26-19(8)31-22/h13H,11-12H2,1-10H3. The Morgan fingerprint density at radius 1 is 0.903 bits per heavy atom. The van der Waals surface area contributed by atoms with Gasteiger partial charge >= 0.3 is 11.8 Å². The van der Waals surface area contributed by atoms with Crippen molar-refractivity contribution in [3.63, 3.8) is 0 Å². The van der Waals surface area contributed by atoms with Crippen molar-refractivity contribution >= 4 is 17.5 Å². The van der Waals surface area contributed by atoms with E-state index >= 15 is 0 Å². The molecule has 3 rings (SSSR count). The highest BCUT2D eigenvalue weighted by Crippen LogP contribution is 2.47. The number of amides is 2. The lowest BCUT2D eigenvalue weighted by atomic mass is 9.89. The normalized spacial score (nSPS) is 14.7. The summed E-state index contributed by atoms with van der Waals surface area (Å²) in [6.07, 6.45) is 1.90. The predicted molar refractivity (Wildman–Crippen MR) is 123 cm³/mol. The molecular weight excluding hydrogens is 390 g/mol. The molecule has 0 atom stereocenters. The zero-order chi connectivity index (χ0) is 23.4. The van der Waals surface area contributed by atoms with Gasteiger partial charge in [-0.3, -0.25) is 9.59 Å². The smallest absolute Gasteiger partial charge is 0.316 e. The van der Waals surface area contributed by atoms with Gasteiger partial charge in [0.05, 0.1) is 11.4 Å². The third-order valence-electron chi connectivity index (χ3n) is 7.35. The van der Waals surface area contributed by atoms with E-state index in [2.05, 4.69) is 18.8 Å². The fraction of sp³-hybridized carbons (Fsp3) is 0.560. The summed E-state index contributed by atoms with van der Waals surface area (Å²) in [6.45, 7) is 16.0. The minimum absolute atomic E-state index is 0.185. The highest BCUT2D eigenvalue weighted by molar-refractivity contribution is 6.40. The summed E-state index contributed by atoms with van der Waals surface area (Å²) in [5.74, 6) is 0.765. The molecule has 2 amide bonds. The number of likely N-dealkylation sites (N-methyl/N-ethyl adjacent to an activating group) is 2. The van der Waals surface area contributed by atoms with Crippen molar-refractivity contribution in [1.29, 1.82) is 0 Å². The van der Waals surface area contributed by atoms with Gasteiger partial charge in [-0.15, -0.1) is 0 Å². The molecule has 1 aromatic heterocycles. The molecule has 1 aliphatic rings. The molecular formula is C25H35N3O3. The average Bonchev–Trinajstić information content (AvgIpc) is 3.45. The molecule has 1 aliphatic carbocycles. The van der Waals surface area contributed by atoms with Crippen molar-refractivity contribution < 1.29 is 14.0 Å². The van der Waals surface area contributed by atoms with Crippen LogP contribution >= 0.6 is 0 Å². The van der Waals surface area contributed by atoms with Crippen molar-refractivity contribution in [2.24, 2.45) is 5.92 Å². The number of hydrogen-bond acceptors (Lipinski definition) is 4. The molecule has 31 heavy (non-hydrogen) atoms. The van der Waals surface area contributed by atoms with Crippen LogP contribution in [-0.4, -0.2) is 41.3 Å². The van der Waals surface area contributed by atoms with E-state index in [1.807, 2.05) is 41.5 Å². The quantitative estimate of drug-likeness (QED) is 0.660. The molecule has 1 saturated carbocycles. The Hall–Kier alpha value is -2.63. The summed E-state index contributed by atoms with van der Waals surface area (Å²) in [4.78, 5) is 33.9. The summed E-state index contributed by atoms with van der Waals surface area (Å²) in [6, 6.07) is 0. The minimum Gasteiger partial charge on any atom is -0.441 e. The summed E-state index contributed by atoms with van der Waals surface area (Å²) in [5.41, 5.74) is 6.43. The van der Waals surface area contributed by atoms with E-state index in [4.69, 9.17) is 4.42 Å². The van der Waals surface area contributed by atoms with E-state index in [1.54, 1.807) is 19.0 Å². The molecule has 1 fully saturated rings. The first-order valence-corrected chi connectivity index (χ1v) is 11.0. The van der Waals surface area contributed by atoms with Gasteiger partial charge in [-0.1, -0.05) is 13.8 Å². The van der Waals surface area contributed by atoms with Crippen LogP contribution in [0.15, 0.2) is 4.42 Å². The molecule has 2 aromatic rings. The molecule has 0 aliphatic heterocycles. The number of anilines is 1. The molecule has 0 N–H and O–H groups in total. The maximum absolute atomic E-state index is 13.2. The van der Waals surface area contributed by atoms with Crippen LogP contribution < -0.4 is 4.90 Å². The number of carbonyl (C=O) groups is 2. The predicted octanol–water partition coefficient (Wildman–Crippen LogP) is 4.80. The number of rotatable bonds is 4. The highest BCUT2D eigenvalue weighted by Gasteiger charge is 2.52. The Kier molecular flexibility index (Phi) is 5.80. The van der Waals surface area contributed by atoms with Crippen LogP contribution in [0.1, 0.15) is 60.5 Å². The second-order valence-corrected chi connectivity index (χ2v) is 9.36. The Labute approximate surface area is 185 Å². The summed E-state index contributed by atoms with van der Waals surface area (Å²) in [5, 5.41) is 0. The molecule has 0 radical (unpaired) electrons. The minimum atomic E-state index is -0.501. The summed E-state index contributed by atoms with van der Waals surface area (Å²) < 4.78 is 5.90. The van der Waals surface area contributed by atoms with Gasteiger partial charge in [-0.05, 0) is 75.6 Å². The number of oxazole rings is 1. The second kappa shape index (κ2) is 7.81. The van der Waals surface area contributed by atoms with Crippen molar-refractivity contribution in [1.82, 2.24) is 9.88 Å². The van der Waals surface area contributed by atoms with Crippen LogP contribution in [0.4, 0.5) is 5.69 Å². The van der Waals surface area contributed by atoms with E-state index in [-0.39, 0.29) is 5.54 Å². The zero-order valence-corrected chi connectivity index (χ0v) is 20.6. The number of benzene rings is 1. The van der Waals surface area contributed by atoms with Gasteiger partial charge < -0.3 is 14.2 Å². The van der Waals surface area contributed by atoms with Crippen molar-refractivity contribution in [2.45, 2.75) is 73.8 Å². The molecule has 1 aromatic carbocycles. The Morgan fingerprint density at radius 3 is 1.81 bits per heavy atom. The van der Waals surface area contributed by atoms with Gasteiger partial charge in [-0.25, -0.2) is 4.98 Å². The van der Waals surface area contributed by atoms with E-state index in [9.17, 15) is 9.59 Å². The van der Waals surface area contributed by atoms with Gasteiger partial charge in [-0.2, -0.15) is 0 Å². The molecule has 6 nitrogen and oxygen atoms in total. The summed E-state index contributed by atoms with van der Waals surface area (Å²) in [7, 11) is 3.45. The van der Waals surface area contributed by atoms with Gasteiger partial charge in [0.1, 0.15) is 0 Å². The highest BCUT2D eigenvalue weighted by atomic mass is 16.4. The van der Waals surface area contributed by atoms with Crippen LogP contribution in [0.5, 0.6) is 0 Å². The average molecular weight is 426 g/mol. The lowest BCUT2D eigenvalue weighted by Crippen LogP contribution is -2.49. The Bertz CT molecular complexity index is 1030. The maximum Gasteiger partial charge on any atom is 0.316 e. The molecule has 168 valence electrons. The van der Waals surface area contributed by atoms with E-state index in [0.29, 0.717) is 11.8 Å². The number of aromatic nitrogens is 1. The third-order valence-corrected chi connectivity index (χ3v) is 7.35. The van der Waals surface area contributed by atoms with Crippen LogP contribution in [0, 0.1) is 47.5 Å². The van der Waals surface area contributed by atoms with Crippen molar-refractivity contribution in [3.8, 4) is 11.3 Å². The maximum atomic E-state index is 13.2. The van der Waals surface area contributed by atoms with E-state index in [1.165, 1.54) is 4.90 Å². The first-order valence-electron chi connectivity index (χ1n) is 11.0. The monoisotopic (exact) mass is 425 g/mol. The molecule has 0 spiro atoms. The van der Waals surface area contributed by atoms with Gasteiger partial charge in [0, 0.05) is 32.1 Å². The van der Waals surface area contributed by atoms with E-state index in [0.717, 1.165) is 57.8 Å². The van der Waals surface area contributed by atoms with Gasteiger partial charge in [0.15, 0.2) is 11.7 Å². The lowest BCUT2D eigenvalue weighted by Gasteiger charge is -2.33. The van der Waals surface area contributed by atoms with Gasteiger partial charge in [0.2, 0.25) is 0 Å². The van der Waals surface area contributed by atoms with Crippen LogP contribution in [0.25, 0.3) is 11.3 Å². The number of aryl methyl sites for hydroxylation is 2. The SMILES string of the molecule is Cc1nc(C)c(-c2c(C)c(C)c(N(C)C(=O)C(=O)N(C)C3(C(C)C)CC3)c(C)c2C)o1. The largest absolute Gasteiger partial charge is 0.441 e. The summed E-state index contributed by atoms with van der Waals surface area (Å²) >= 11 is 0. The molecule has 1 heterocycles. The van der Waals surface area contributed by atoms with Crippen LogP contribution in [0.3, 0.4) is 0 Å². The molecule has 0 saturated heterocycles. The third kappa shape index (κ3) is 3.56. The number of carbonyl (C=O) groups excluding carboxylic acids is 2. The van der Waals surface area contributed by atoms with Crippen molar-refractivity contribution in [2.75, 3.05) is 19.0 Å². The fourth-order valence-electron chi connectivity index (χ4n) is 4.92. The zero-order valence-electron chi connectivity index (χ0n) is 20.6. The van der Waals surface area contributed by atoms with Crippen LogP contribution in [0.2, 0.25) is 0 Å². The number of nitrogens with zero attached hydrogens (tertiary/aromatic N) is 3. The Morgan fingerprint density at radius 2 is 1.42 bits per heavy atom. The molecule has 0 unspecified atom stereocenters. The van der Waals surface area contributed by atoms with Gasteiger partial charge in [0.25, 0.3) is 0 Å². The molecule has 0 bridgehead atoms. The lowest BCUT2D eigenvalue weighted by molar-refractivity contribution is -0.146. The Balaban J connectivity index is 2.02. The fourth-order valence-corrected chi connectivity index (χ4v) is 4.92. The number of hydrogen-bond donors (Lipinski definition) is 0. The topological polar surface area (TPSA) is 66.7 Å². The first-order chi connectivity index (χ1) is 14.3. The molecule has 6 heteroatoms. The second-order valence-electron chi connectivity index (χ2n) is 9.36. The van der Waals surface area contributed by atoms with E-state index < -0.39 is 11.8 Å².